The first kappa shape index (κ1) is 10.2. The first-order chi connectivity index (χ1) is 6.38. The van der Waals surface area contributed by atoms with Crippen molar-refractivity contribution in [1.82, 2.24) is 0 Å². The van der Waals surface area contributed by atoms with E-state index in [1.165, 1.54) is 5.57 Å². The molecule has 0 aromatic carbocycles. The lowest BCUT2D eigenvalue weighted by atomic mass is 10.0. The summed E-state index contributed by atoms with van der Waals surface area (Å²) in [7, 11) is 0. The Morgan fingerprint density at radius 1 is 1.62 bits per heavy atom. The molecular formula is C11H16O2. The van der Waals surface area contributed by atoms with Crippen LogP contribution in [0.4, 0.5) is 0 Å². The fourth-order valence-corrected chi connectivity index (χ4v) is 1.26. The highest BCUT2D eigenvalue weighted by molar-refractivity contribution is 5.31. The zero-order valence-electron chi connectivity index (χ0n) is 7.78. The molecule has 0 aromatic heterocycles. The van der Waals surface area contributed by atoms with E-state index < -0.39 is 0 Å². The van der Waals surface area contributed by atoms with Crippen molar-refractivity contribution in [2.75, 3.05) is 19.8 Å². The van der Waals surface area contributed by atoms with Crippen LogP contribution in [0.5, 0.6) is 0 Å². The Morgan fingerprint density at radius 3 is 3.15 bits per heavy atom. The molecule has 0 heterocycles. The first-order valence-corrected chi connectivity index (χ1v) is 4.57. The lowest BCUT2D eigenvalue weighted by molar-refractivity contribution is 0.131. The Kier molecular flexibility index (Phi) is 4.50. The van der Waals surface area contributed by atoms with Gasteiger partial charge < -0.3 is 9.84 Å². The largest absolute Gasteiger partial charge is 0.396 e. The van der Waals surface area contributed by atoms with Gasteiger partial charge in [0.1, 0.15) is 0 Å². The van der Waals surface area contributed by atoms with Crippen LogP contribution >= 0.6 is 0 Å². The number of hydrogen-bond donors (Lipinski definition) is 1. The number of hydrogen-bond acceptors (Lipinski definition) is 2. The Morgan fingerprint density at radius 2 is 2.46 bits per heavy atom. The smallest absolute Gasteiger partial charge is 0.0688 e. The number of ether oxygens (including phenoxy) is 1. The normalized spacial score (nSPS) is 20.4. The topological polar surface area (TPSA) is 29.5 Å². The molecule has 0 aliphatic heterocycles. The summed E-state index contributed by atoms with van der Waals surface area (Å²) >= 11 is 0. The van der Waals surface area contributed by atoms with E-state index in [9.17, 15) is 0 Å². The predicted molar refractivity (Wildman–Crippen MR) is 53.4 cm³/mol. The average Bonchev–Trinajstić information content (AvgIpc) is 2.60. The van der Waals surface area contributed by atoms with Crippen LogP contribution < -0.4 is 0 Å². The molecule has 2 nitrogen and oxygen atoms in total. The summed E-state index contributed by atoms with van der Waals surface area (Å²) in [6.45, 7) is 5.21. The molecule has 1 atom stereocenters. The zero-order valence-corrected chi connectivity index (χ0v) is 7.78. The van der Waals surface area contributed by atoms with E-state index in [2.05, 4.69) is 18.7 Å². The van der Waals surface area contributed by atoms with Crippen LogP contribution in [0.15, 0.2) is 36.5 Å². The second-order valence-electron chi connectivity index (χ2n) is 3.02. The van der Waals surface area contributed by atoms with Crippen molar-refractivity contribution in [2.45, 2.75) is 6.42 Å². The van der Waals surface area contributed by atoms with Crippen LogP contribution in [-0.4, -0.2) is 24.9 Å². The van der Waals surface area contributed by atoms with Gasteiger partial charge in [0.25, 0.3) is 0 Å². The molecule has 0 radical (unpaired) electrons. The van der Waals surface area contributed by atoms with E-state index in [0.717, 1.165) is 0 Å². The second kappa shape index (κ2) is 5.73. The molecule has 2 heteroatoms. The van der Waals surface area contributed by atoms with Crippen molar-refractivity contribution in [3.8, 4) is 0 Å². The molecule has 1 N–H and O–H groups in total. The second-order valence-corrected chi connectivity index (χ2v) is 3.02. The van der Waals surface area contributed by atoms with Crippen LogP contribution in [0.25, 0.3) is 0 Å². The summed E-state index contributed by atoms with van der Waals surface area (Å²) in [6.07, 6.45) is 8.80. The van der Waals surface area contributed by atoms with Gasteiger partial charge in [-0.2, -0.15) is 0 Å². The van der Waals surface area contributed by atoms with Crippen LogP contribution in [0, 0.1) is 5.92 Å². The minimum absolute atomic E-state index is 0.197. The molecule has 1 rings (SSSR count). The fourth-order valence-electron chi connectivity index (χ4n) is 1.26. The van der Waals surface area contributed by atoms with Crippen LogP contribution in [0.2, 0.25) is 0 Å². The lowest BCUT2D eigenvalue weighted by Crippen LogP contribution is -2.05. The van der Waals surface area contributed by atoms with Crippen LogP contribution in [0.3, 0.4) is 0 Å². The van der Waals surface area contributed by atoms with Crippen LogP contribution in [0.1, 0.15) is 6.42 Å². The number of aliphatic hydroxyl groups is 1. The summed E-state index contributed by atoms with van der Waals surface area (Å²) in [6, 6.07) is 0. The van der Waals surface area contributed by atoms with Gasteiger partial charge in [-0.3, -0.25) is 0 Å². The van der Waals surface area contributed by atoms with E-state index in [1.807, 2.05) is 12.2 Å². The van der Waals surface area contributed by atoms with Crippen LogP contribution in [-0.2, 0) is 4.74 Å². The Balaban J connectivity index is 2.18. The molecule has 0 saturated carbocycles. The molecule has 1 unspecified atom stereocenters. The third-order valence-corrected chi connectivity index (χ3v) is 2.03. The van der Waals surface area contributed by atoms with E-state index in [1.54, 1.807) is 0 Å². The van der Waals surface area contributed by atoms with Gasteiger partial charge in [-0.15, -0.1) is 6.58 Å². The molecule has 0 amide bonds. The summed E-state index contributed by atoms with van der Waals surface area (Å²) in [5, 5.41) is 8.53. The fraction of sp³-hybridized carbons (Fsp3) is 0.455. The third kappa shape index (κ3) is 3.17. The monoisotopic (exact) mass is 180 g/mol. The van der Waals surface area contributed by atoms with Gasteiger partial charge in [0.05, 0.1) is 6.61 Å². The van der Waals surface area contributed by atoms with Crippen molar-refractivity contribution in [2.24, 2.45) is 5.92 Å². The molecule has 0 aromatic rings. The molecule has 1 aliphatic rings. The van der Waals surface area contributed by atoms with Gasteiger partial charge in [-0.25, -0.2) is 0 Å². The number of rotatable bonds is 6. The van der Waals surface area contributed by atoms with Gasteiger partial charge in [0.2, 0.25) is 0 Å². The van der Waals surface area contributed by atoms with Crippen molar-refractivity contribution in [3.05, 3.63) is 36.5 Å². The molecule has 13 heavy (non-hydrogen) atoms. The lowest BCUT2D eigenvalue weighted by Gasteiger charge is -2.09. The van der Waals surface area contributed by atoms with Gasteiger partial charge in [-0.1, -0.05) is 24.3 Å². The summed E-state index contributed by atoms with van der Waals surface area (Å²) in [5.74, 6) is 0.342. The molecule has 0 bridgehead atoms. The molecule has 0 saturated heterocycles. The highest BCUT2D eigenvalue weighted by Gasteiger charge is 2.10. The number of allylic oxidation sites excluding steroid dienone is 4. The minimum Gasteiger partial charge on any atom is -0.396 e. The van der Waals surface area contributed by atoms with Crippen molar-refractivity contribution < 1.29 is 9.84 Å². The summed E-state index contributed by atoms with van der Waals surface area (Å²) < 4.78 is 5.37. The predicted octanol–water partition coefficient (Wildman–Crippen LogP) is 1.68. The van der Waals surface area contributed by atoms with E-state index in [-0.39, 0.29) is 6.61 Å². The van der Waals surface area contributed by atoms with Gasteiger partial charge in [0, 0.05) is 19.1 Å². The standard InChI is InChI=1S/C11H16O2/c1-2-10-5-3-6-11(10)9-13-8-4-7-12/h2-3,5-6,10,12H,1,4,7-9H2. The highest BCUT2D eigenvalue weighted by Crippen LogP contribution is 2.20. The Labute approximate surface area is 79.2 Å². The van der Waals surface area contributed by atoms with Crippen molar-refractivity contribution in [3.63, 3.8) is 0 Å². The average molecular weight is 180 g/mol. The maximum atomic E-state index is 8.53. The number of aliphatic hydroxyl groups excluding tert-OH is 1. The van der Waals surface area contributed by atoms with Gasteiger partial charge in [0.15, 0.2) is 0 Å². The Bertz CT molecular complexity index is 216. The first-order valence-electron chi connectivity index (χ1n) is 4.57. The van der Waals surface area contributed by atoms with Gasteiger partial charge >= 0.3 is 0 Å². The van der Waals surface area contributed by atoms with Crippen molar-refractivity contribution >= 4 is 0 Å². The maximum Gasteiger partial charge on any atom is 0.0688 e. The molecule has 72 valence electrons. The molecule has 1 aliphatic carbocycles. The Hall–Kier alpha value is -0.860. The minimum atomic E-state index is 0.197. The maximum absolute atomic E-state index is 8.53. The SMILES string of the molecule is C=CC1C=CC=C1COCCCO. The van der Waals surface area contributed by atoms with Gasteiger partial charge in [-0.05, 0) is 12.0 Å². The molecule has 0 spiro atoms. The van der Waals surface area contributed by atoms with E-state index in [4.69, 9.17) is 9.84 Å². The quantitative estimate of drug-likeness (QED) is 0.498. The van der Waals surface area contributed by atoms with E-state index in [0.29, 0.717) is 25.6 Å². The van der Waals surface area contributed by atoms with Crippen molar-refractivity contribution in [1.29, 1.82) is 0 Å². The van der Waals surface area contributed by atoms with E-state index >= 15 is 0 Å². The molecular weight excluding hydrogens is 164 g/mol. The highest BCUT2D eigenvalue weighted by atomic mass is 16.5. The zero-order chi connectivity index (χ0) is 9.52. The summed E-state index contributed by atoms with van der Waals surface area (Å²) in [5.41, 5.74) is 1.24. The third-order valence-electron chi connectivity index (χ3n) is 2.03. The summed E-state index contributed by atoms with van der Waals surface area (Å²) in [4.78, 5) is 0. The molecule has 0 fully saturated rings.